The number of aromatic nitrogens is 4. The fourth-order valence-electron chi connectivity index (χ4n) is 2.82. The number of hydrogen-bond donors (Lipinski definition) is 1. The van der Waals surface area contributed by atoms with Crippen molar-refractivity contribution in [3.05, 3.63) is 30.1 Å². The molecule has 0 atom stereocenters. The highest BCUT2D eigenvalue weighted by Crippen LogP contribution is 2.34. The molecule has 3 heterocycles. The molecule has 1 N–H and O–H groups in total. The topological polar surface area (TPSA) is 55.6 Å². The van der Waals surface area contributed by atoms with Gasteiger partial charge >= 0.3 is 0 Å². The summed E-state index contributed by atoms with van der Waals surface area (Å²) in [6.45, 7) is 2.13. The zero-order chi connectivity index (χ0) is 14.9. The number of para-hydroxylation sites is 1. The van der Waals surface area contributed by atoms with Gasteiger partial charge in [-0.15, -0.1) is 33.9 Å². The second-order valence-electron chi connectivity index (χ2n) is 5.47. The fraction of sp³-hybridized carbons (Fsp3) is 0.400. The molecule has 5 nitrogen and oxygen atoms in total. The molecular formula is C15H18ClN5S2. The van der Waals surface area contributed by atoms with Crippen LogP contribution in [0.2, 0.25) is 0 Å². The summed E-state index contributed by atoms with van der Waals surface area (Å²) in [7, 11) is 2.06. The van der Waals surface area contributed by atoms with Gasteiger partial charge in [0.2, 0.25) is 0 Å². The lowest BCUT2D eigenvalue weighted by atomic mass is 9.97. The Morgan fingerprint density at radius 3 is 2.78 bits per heavy atom. The third-order valence-electron chi connectivity index (χ3n) is 4.03. The maximum Gasteiger partial charge on any atom is 0.198 e. The van der Waals surface area contributed by atoms with Gasteiger partial charge in [0, 0.05) is 13.0 Å². The summed E-state index contributed by atoms with van der Waals surface area (Å²) in [5, 5.41) is 13.1. The molecule has 122 valence electrons. The van der Waals surface area contributed by atoms with Crippen LogP contribution in [0.4, 0.5) is 0 Å². The van der Waals surface area contributed by atoms with Gasteiger partial charge in [-0.2, -0.15) is 0 Å². The molecule has 0 aliphatic carbocycles. The Kier molecular flexibility index (Phi) is 5.21. The number of fused-ring (bicyclic) bond motifs is 1. The molecule has 3 aromatic rings. The first-order chi connectivity index (χ1) is 10.8. The highest BCUT2D eigenvalue weighted by Gasteiger charge is 2.22. The van der Waals surface area contributed by atoms with E-state index in [2.05, 4.69) is 38.2 Å². The second-order valence-corrected chi connectivity index (χ2v) is 7.72. The third kappa shape index (κ3) is 3.38. The molecular weight excluding hydrogens is 350 g/mol. The maximum atomic E-state index is 4.66. The van der Waals surface area contributed by atoms with Gasteiger partial charge in [-0.25, -0.2) is 4.98 Å². The number of piperidine rings is 1. The molecule has 1 fully saturated rings. The molecule has 1 aliphatic rings. The van der Waals surface area contributed by atoms with Crippen molar-refractivity contribution >= 4 is 45.7 Å². The molecule has 1 aromatic carbocycles. The van der Waals surface area contributed by atoms with E-state index in [1.165, 1.54) is 4.70 Å². The lowest BCUT2D eigenvalue weighted by Gasteiger charge is -2.21. The van der Waals surface area contributed by atoms with Crippen molar-refractivity contribution in [1.82, 2.24) is 25.1 Å². The van der Waals surface area contributed by atoms with Crippen LogP contribution in [-0.2, 0) is 7.05 Å². The number of nitrogens with one attached hydrogen (secondary N) is 1. The predicted molar refractivity (Wildman–Crippen MR) is 96.8 cm³/mol. The van der Waals surface area contributed by atoms with E-state index in [1.807, 2.05) is 18.2 Å². The van der Waals surface area contributed by atoms with E-state index in [9.17, 15) is 0 Å². The average molecular weight is 368 g/mol. The van der Waals surface area contributed by atoms with Gasteiger partial charge in [-0.05, 0) is 49.8 Å². The summed E-state index contributed by atoms with van der Waals surface area (Å²) < 4.78 is 4.37. The van der Waals surface area contributed by atoms with E-state index in [0.29, 0.717) is 5.92 Å². The van der Waals surface area contributed by atoms with Gasteiger partial charge in [0.1, 0.15) is 5.82 Å². The third-order valence-corrected chi connectivity index (χ3v) is 6.16. The minimum Gasteiger partial charge on any atom is -0.317 e. The minimum atomic E-state index is 0. The number of nitrogens with zero attached hydrogens (tertiary/aromatic N) is 4. The number of rotatable bonds is 3. The summed E-state index contributed by atoms with van der Waals surface area (Å²) in [6.07, 6.45) is 2.27. The van der Waals surface area contributed by atoms with Crippen molar-refractivity contribution < 1.29 is 0 Å². The van der Waals surface area contributed by atoms with E-state index in [-0.39, 0.29) is 12.4 Å². The molecule has 1 saturated heterocycles. The standard InChI is InChI=1S/C15H17N5S2.ClH/c1-20-13(10-6-8-16-9-7-10)18-19-14(20)22-15-17-11-4-2-3-5-12(11)21-15;/h2-5,10,16H,6-9H2,1H3;1H. The maximum absolute atomic E-state index is 4.66. The molecule has 0 spiro atoms. The normalized spacial score (nSPS) is 15.7. The Balaban J connectivity index is 0.00000156. The van der Waals surface area contributed by atoms with E-state index >= 15 is 0 Å². The first kappa shape index (κ1) is 16.7. The van der Waals surface area contributed by atoms with Crippen LogP contribution in [0, 0.1) is 0 Å². The van der Waals surface area contributed by atoms with Crippen molar-refractivity contribution in [2.45, 2.75) is 28.3 Å². The van der Waals surface area contributed by atoms with Crippen molar-refractivity contribution in [2.75, 3.05) is 13.1 Å². The Labute approximate surface area is 149 Å². The van der Waals surface area contributed by atoms with Gasteiger partial charge in [0.25, 0.3) is 0 Å². The summed E-state index contributed by atoms with van der Waals surface area (Å²) in [5.74, 6) is 1.62. The summed E-state index contributed by atoms with van der Waals surface area (Å²) in [4.78, 5) is 4.66. The summed E-state index contributed by atoms with van der Waals surface area (Å²) >= 11 is 3.31. The molecule has 0 unspecified atom stereocenters. The van der Waals surface area contributed by atoms with Gasteiger partial charge in [0.05, 0.1) is 10.2 Å². The van der Waals surface area contributed by atoms with Crippen LogP contribution < -0.4 is 5.32 Å². The van der Waals surface area contributed by atoms with Crippen molar-refractivity contribution in [3.63, 3.8) is 0 Å². The molecule has 23 heavy (non-hydrogen) atoms. The average Bonchev–Trinajstić information content (AvgIpc) is 3.12. The largest absolute Gasteiger partial charge is 0.317 e. The number of benzene rings is 1. The van der Waals surface area contributed by atoms with Crippen LogP contribution in [0.3, 0.4) is 0 Å². The predicted octanol–water partition coefficient (Wildman–Crippen LogP) is 3.46. The smallest absolute Gasteiger partial charge is 0.198 e. The van der Waals surface area contributed by atoms with Crippen LogP contribution in [0.1, 0.15) is 24.6 Å². The molecule has 0 saturated carbocycles. The Morgan fingerprint density at radius 2 is 2.00 bits per heavy atom. The Bertz CT molecular complexity index is 761. The molecule has 2 aromatic heterocycles. The SMILES string of the molecule is Cl.Cn1c(Sc2nc3ccccc3s2)nnc1C1CCNCC1. The zero-order valence-electron chi connectivity index (χ0n) is 12.7. The van der Waals surface area contributed by atoms with E-state index in [1.54, 1.807) is 23.1 Å². The van der Waals surface area contributed by atoms with E-state index < -0.39 is 0 Å². The zero-order valence-corrected chi connectivity index (χ0v) is 15.2. The van der Waals surface area contributed by atoms with E-state index in [0.717, 1.165) is 46.8 Å². The van der Waals surface area contributed by atoms with Crippen molar-refractivity contribution in [3.8, 4) is 0 Å². The molecule has 1 aliphatic heterocycles. The molecule has 0 bridgehead atoms. The first-order valence-electron chi connectivity index (χ1n) is 7.44. The number of halogens is 1. The quantitative estimate of drug-likeness (QED) is 0.768. The summed E-state index contributed by atoms with van der Waals surface area (Å²) in [6, 6.07) is 8.22. The molecule has 8 heteroatoms. The second kappa shape index (κ2) is 7.17. The van der Waals surface area contributed by atoms with Gasteiger partial charge in [-0.3, -0.25) is 0 Å². The van der Waals surface area contributed by atoms with Crippen LogP contribution in [0.5, 0.6) is 0 Å². The number of hydrogen-bond acceptors (Lipinski definition) is 6. The molecule has 4 rings (SSSR count). The number of thiazole rings is 1. The van der Waals surface area contributed by atoms with Crippen LogP contribution in [-0.4, -0.2) is 32.8 Å². The summed E-state index contributed by atoms with van der Waals surface area (Å²) in [5.41, 5.74) is 1.05. The lowest BCUT2D eigenvalue weighted by molar-refractivity contribution is 0.434. The van der Waals surface area contributed by atoms with Gasteiger partial charge in [0.15, 0.2) is 9.50 Å². The van der Waals surface area contributed by atoms with Crippen molar-refractivity contribution in [1.29, 1.82) is 0 Å². The Hall–Kier alpha value is -1.15. The van der Waals surface area contributed by atoms with E-state index in [4.69, 9.17) is 0 Å². The van der Waals surface area contributed by atoms with Crippen molar-refractivity contribution in [2.24, 2.45) is 7.05 Å². The van der Waals surface area contributed by atoms with Crippen LogP contribution >= 0.6 is 35.5 Å². The fourth-order valence-corrected chi connectivity index (χ4v) is 4.79. The van der Waals surface area contributed by atoms with Crippen LogP contribution in [0.15, 0.2) is 33.8 Å². The minimum absolute atomic E-state index is 0. The van der Waals surface area contributed by atoms with Gasteiger partial charge in [-0.1, -0.05) is 12.1 Å². The van der Waals surface area contributed by atoms with Crippen LogP contribution in [0.25, 0.3) is 10.2 Å². The lowest BCUT2D eigenvalue weighted by Crippen LogP contribution is -2.27. The molecule has 0 amide bonds. The monoisotopic (exact) mass is 367 g/mol. The highest BCUT2D eigenvalue weighted by molar-refractivity contribution is 8.01. The van der Waals surface area contributed by atoms with Gasteiger partial charge < -0.3 is 9.88 Å². The molecule has 0 radical (unpaired) electrons. The Morgan fingerprint density at radius 1 is 1.22 bits per heavy atom. The highest BCUT2D eigenvalue weighted by atomic mass is 35.5. The first-order valence-corrected chi connectivity index (χ1v) is 9.08.